The maximum Gasteiger partial charge on any atom is 0.0601 e. The zero-order chi connectivity index (χ0) is 18.6. The summed E-state index contributed by atoms with van der Waals surface area (Å²) in [4.78, 5) is 0. The molecule has 1 aliphatic rings. The van der Waals surface area contributed by atoms with E-state index in [-0.39, 0.29) is 0 Å². The van der Waals surface area contributed by atoms with E-state index >= 15 is 0 Å². The molecule has 0 atom stereocenters. The predicted octanol–water partition coefficient (Wildman–Crippen LogP) is 5.19. The molecule has 27 heavy (non-hydrogen) atoms. The van der Waals surface area contributed by atoms with E-state index in [1.54, 1.807) is 0 Å². The highest BCUT2D eigenvalue weighted by Gasteiger charge is 2.22. The van der Waals surface area contributed by atoms with Gasteiger partial charge in [0.1, 0.15) is 0 Å². The summed E-state index contributed by atoms with van der Waals surface area (Å²) in [7, 11) is 0. The Bertz CT molecular complexity index is 983. The molecule has 0 bridgehead atoms. The average Bonchev–Trinajstić information content (AvgIpc) is 2.73. The summed E-state index contributed by atoms with van der Waals surface area (Å²) in [6.07, 6.45) is 9.28. The third-order valence-corrected chi connectivity index (χ3v) is 5.61. The first-order chi connectivity index (χ1) is 13.3. The molecule has 1 heterocycles. The number of aryl methyl sites for hydroxylation is 1. The van der Waals surface area contributed by atoms with Crippen molar-refractivity contribution in [3.05, 3.63) is 77.4 Å². The number of hydrogen-bond donors (Lipinski definition) is 0. The van der Waals surface area contributed by atoms with Crippen molar-refractivity contribution >= 4 is 16.5 Å². The van der Waals surface area contributed by atoms with Crippen molar-refractivity contribution < 1.29 is 0 Å². The SMILES string of the molecule is C#Cc1ccc(N2CCCCN2CCc2ccccc2C)c2ccccc12. The molecule has 4 rings (SSSR count). The van der Waals surface area contributed by atoms with Crippen LogP contribution in [0.4, 0.5) is 5.69 Å². The first-order valence-corrected chi connectivity index (χ1v) is 9.83. The summed E-state index contributed by atoms with van der Waals surface area (Å²) in [6, 6.07) is 21.5. The van der Waals surface area contributed by atoms with Gasteiger partial charge in [0.15, 0.2) is 0 Å². The van der Waals surface area contributed by atoms with Crippen molar-refractivity contribution in [1.82, 2.24) is 5.01 Å². The number of rotatable bonds is 4. The molecule has 0 spiro atoms. The van der Waals surface area contributed by atoms with Crippen LogP contribution in [0.3, 0.4) is 0 Å². The van der Waals surface area contributed by atoms with Crippen LogP contribution < -0.4 is 5.01 Å². The second-order valence-corrected chi connectivity index (χ2v) is 7.28. The molecule has 1 aliphatic heterocycles. The van der Waals surface area contributed by atoms with Gasteiger partial charge in [-0.3, -0.25) is 0 Å². The molecule has 0 N–H and O–H groups in total. The smallest absolute Gasteiger partial charge is 0.0601 e. The fraction of sp³-hybridized carbons (Fsp3) is 0.280. The van der Waals surface area contributed by atoms with E-state index in [9.17, 15) is 0 Å². The molecule has 0 unspecified atom stereocenters. The lowest BCUT2D eigenvalue weighted by atomic mass is 10.0. The van der Waals surface area contributed by atoms with Gasteiger partial charge in [-0.25, -0.2) is 5.01 Å². The van der Waals surface area contributed by atoms with Crippen LogP contribution in [-0.4, -0.2) is 24.6 Å². The second kappa shape index (κ2) is 7.86. The average molecular weight is 354 g/mol. The van der Waals surface area contributed by atoms with Crippen LogP contribution in [0.25, 0.3) is 10.8 Å². The van der Waals surface area contributed by atoms with Crippen LogP contribution in [0, 0.1) is 19.3 Å². The summed E-state index contributed by atoms with van der Waals surface area (Å²) >= 11 is 0. The van der Waals surface area contributed by atoms with Gasteiger partial charge in [0.05, 0.1) is 5.69 Å². The topological polar surface area (TPSA) is 6.48 Å². The summed E-state index contributed by atoms with van der Waals surface area (Å²) in [6.45, 7) is 5.41. The van der Waals surface area contributed by atoms with Gasteiger partial charge in [0, 0.05) is 30.6 Å². The normalized spacial score (nSPS) is 15.0. The zero-order valence-electron chi connectivity index (χ0n) is 16.0. The lowest BCUT2D eigenvalue weighted by Gasteiger charge is -2.41. The van der Waals surface area contributed by atoms with E-state index in [1.165, 1.54) is 40.4 Å². The van der Waals surface area contributed by atoms with Crippen LogP contribution in [0.2, 0.25) is 0 Å². The zero-order valence-corrected chi connectivity index (χ0v) is 16.0. The van der Waals surface area contributed by atoms with Crippen LogP contribution in [0.15, 0.2) is 60.7 Å². The highest BCUT2D eigenvalue weighted by Crippen LogP contribution is 2.32. The Kier molecular flexibility index (Phi) is 5.14. The molecule has 0 amide bonds. The summed E-state index contributed by atoms with van der Waals surface area (Å²) in [5, 5.41) is 7.41. The molecule has 2 heteroatoms. The van der Waals surface area contributed by atoms with E-state index in [1.807, 2.05) is 0 Å². The highest BCUT2D eigenvalue weighted by atomic mass is 15.6. The highest BCUT2D eigenvalue weighted by molar-refractivity contribution is 5.97. The molecular formula is C25H26N2. The molecular weight excluding hydrogens is 328 g/mol. The summed E-state index contributed by atoms with van der Waals surface area (Å²) in [5.74, 6) is 2.83. The minimum Gasteiger partial charge on any atom is -0.305 e. The van der Waals surface area contributed by atoms with Gasteiger partial charge < -0.3 is 5.01 Å². The first-order valence-electron chi connectivity index (χ1n) is 9.83. The number of benzene rings is 3. The van der Waals surface area contributed by atoms with Crippen molar-refractivity contribution in [3.8, 4) is 12.3 Å². The van der Waals surface area contributed by atoms with Crippen LogP contribution >= 0.6 is 0 Å². The Labute approximate surface area is 162 Å². The monoisotopic (exact) mass is 354 g/mol. The molecule has 3 aromatic carbocycles. The predicted molar refractivity (Wildman–Crippen MR) is 115 cm³/mol. The Morgan fingerprint density at radius 2 is 1.63 bits per heavy atom. The first kappa shape index (κ1) is 17.6. The van der Waals surface area contributed by atoms with Gasteiger partial charge >= 0.3 is 0 Å². The molecule has 1 saturated heterocycles. The number of terminal acetylenes is 1. The van der Waals surface area contributed by atoms with Crippen molar-refractivity contribution in [1.29, 1.82) is 0 Å². The van der Waals surface area contributed by atoms with E-state index in [4.69, 9.17) is 6.42 Å². The fourth-order valence-corrected chi connectivity index (χ4v) is 4.10. The maximum atomic E-state index is 5.72. The van der Waals surface area contributed by atoms with E-state index < -0.39 is 0 Å². The van der Waals surface area contributed by atoms with Crippen molar-refractivity contribution in [2.45, 2.75) is 26.2 Å². The third-order valence-electron chi connectivity index (χ3n) is 5.61. The lowest BCUT2D eigenvalue weighted by Crippen LogP contribution is -2.48. The number of hydrogen-bond acceptors (Lipinski definition) is 2. The molecule has 3 aromatic rings. The number of anilines is 1. The van der Waals surface area contributed by atoms with E-state index in [0.29, 0.717) is 0 Å². The van der Waals surface area contributed by atoms with Gasteiger partial charge in [-0.15, -0.1) is 6.42 Å². The minimum atomic E-state index is 0.970. The Balaban J connectivity index is 1.64. The Morgan fingerprint density at radius 3 is 2.44 bits per heavy atom. The molecule has 0 radical (unpaired) electrons. The van der Waals surface area contributed by atoms with Gasteiger partial charge in [-0.2, -0.15) is 0 Å². The van der Waals surface area contributed by atoms with E-state index in [0.717, 1.165) is 31.6 Å². The van der Waals surface area contributed by atoms with Crippen LogP contribution in [0.5, 0.6) is 0 Å². The minimum absolute atomic E-state index is 0.970. The molecule has 0 aliphatic carbocycles. The molecule has 0 aromatic heterocycles. The maximum absolute atomic E-state index is 5.72. The molecule has 136 valence electrons. The van der Waals surface area contributed by atoms with Gasteiger partial charge in [-0.05, 0) is 54.8 Å². The largest absolute Gasteiger partial charge is 0.305 e. The number of hydrazine groups is 1. The van der Waals surface area contributed by atoms with Crippen molar-refractivity contribution in [2.75, 3.05) is 24.6 Å². The third kappa shape index (κ3) is 3.56. The van der Waals surface area contributed by atoms with Crippen LogP contribution in [-0.2, 0) is 6.42 Å². The Morgan fingerprint density at radius 1 is 0.889 bits per heavy atom. The van der Waals surface area contributed by atoms with Gasteiger partial charge in [0.25, 0.3) is 0 Å². The number of nitrogens with zero attached hydrogens (tertiary/aromatic N) is 2. The standard InChI is InChI=1S/C25H26N2/c1-3-21-14-15-25(24-13-7-6-12-23(21)24)27-18-9-8-17-26(27)19-16-22-11-5-4-10-20(22)2/h1,4-7,10-15H,8-9,16-19H2,2H3. The van der Waals surface area contributed by atoms with E-state index in [2.05, 4.69) is 83.5 Å². The van der Waals surface area contributed by atoms with Crippen molar-refractivity contribution in [2.24, 2.45) is 0 Å². The van der Waals surface area contributed by atoms with Crippen LogP contribution in [0.1, 0.15) is 29.5 Å². The molecule has 1 fully saturated rings. The Hall–Kier alpha value is -2.76. The summed E-state index contributed by atoms with van der Waals surface area (Å²) in [5.41, 5.74) is 5.06. The van der Waals surface area contributed by atoms with Gasteiger partial charge in [0.2, 0.25) is 0 Å². The molecule has 0 saturated carbocycles. The van der Waals surface area contributed by atoms with Gasteiger partial charge in [-0.1, -0.05) is 54.5 Å². The molecule has 2 nitrogen and oxygen atoms in total. The number of fused-ring (bicyclic) bond motifs is 1. The lowest BCUT2D eigenvalue weighted by molar-refractivity contribution is 0.215. The quantitative estimate of drug-likeness (QED) is 0.595. The van der Waals surface area contributed by atoms with Crippen molar-refractivity contribution in [3.63, 3.8) is 0 Å². The second-order valence-electron chi connectivity index (χ2n) is 7.28. The summed E-state index contributed by atoms with van der Waals surface area (Å²) < 4.78 is 0. The fourth-order valence-electron chi connectivity index (χ4n) is 4.10.